The molecule has 28 heavy (non-hydrogen) atoms. The van der Waals surface area contributed by atoms with Crippen LogP contribution in [0.5, 0.6) is 0 Å². The number of ether oxygens (including phenoxy) is 1. The first-order valence-electron chi connectivity index (χ1n) is 8.96. The minimum absolute atomic E-state index is 0.0190. The summed E-state index contributed by atoms with van der Waals surface area (Å²) in [7, 11) is 0. The molecule has 1 atom stereocenters. The van der Waals surface area contributed by atoms with Crippen LogP contribution in [0.15, 0.2) is 47.1 Å². The zero-order valence-electron chi connectivity index (χ0n) is 15.0. The van der Waals surface area contributed by atoms with E-state index in [2.05, 4.69) is 0 Å². The van der Waals surface area contributed by atoms with Gasteiger partial charge in [0.1, 0.15) is 12.4 Å². The first-order chi connectivity index (χ1) is 13.5. The van der Waals surface area contributed by atoms with Crippen LogP contribution in [0.2, 0.25) is 0 Å². The summed E-state index contributed by atoms with van der Waals surface area (Å²) in [5.41, 5.74) is 0.711. The second-order valence-electron chi connectivity index (χ2n) is 6.73. The Hall–Kier alpha value is -3.42. The fourth-order valence-electron chi connectivity index (χ4n) is 3.47. The van der Waals surface area contributed by atoms with E-state index in [9.17, 15) is 19.2 Å². The van der Waals surface area contributed by atoms with Gasteiger partial charge in [-0.2, -0.15) is 0 Å². The molecular weight excluding hydrogens is 364 g/mol. The van der Waals surface area contributed by atoms with Crippen molar-refractivity contribution in [3.05, 3.63) is 59.5 Å². The highest BCUT2D eigenvalue weighted by atomic mass is 16.5. The van der Waals surface area contributed by atoms with E-state index in [1.807, 2.05) is 0 Å². The van der Waals surface area contributed by atoms with Gasteiger partial charge in [-0.15, -0.1) is 0 Å². The molecule has 0 bridgehead atoms. The van der Waals surface area contributed by atoms with Crippen LogP contribution in [0, 0.1) is 5.92 Å². The molecule has 8 heteroatoms. The number of nitrogens with zero attached hydrogens (tertiary/aromatic N) is 2. The highest BCUT2D eigenvalue weighted by molar-refractivity contribution is 6.21. The van der Waals surface area contributed by atoms with Crippen molar-refractivity contribution in [2.45, 2.75) is 13.0 Å². The van der Waals surface area contributed by atoms with E-state index < -0.39 is 23.7 Å². The molecule has 0 spiro atoms. The molecule has 0 aliphatic carbocycles. The molecule has 3 heterocycles. The Balaban J connectivity index is 1.28. The molecule has 1 fully saturated rings. The minimum atomic E-state index is -0.565. The van der Waals surface area contributed by atoms with Crippen molar-refractivity contribution in [2.24, 2.45) is 5.92 Å². The van der Waals surface area contributed by atoms with Gasteiger partial charge in [-0.25, -0.2) is 0 Å². The Morgan fingerprint density at radius 3 is 2.43 bits per heavy atom. The summed E-state index contributed by atoms with van der Waals surface area (Å²) in [6, 6.07) is 10.1. The maximum Gasteiger partial charge on any atom is 0.311 e. The molecule has 1 aromatic heterocycles. The molecule has 0 radical (unpaired) electrons. The summed E-state index contributed by atoms with van der Waals surface area (Å²) >= 11 is 0. The molecule has 1 unspecified atom stereocenters. The first kappa shape index (κ1) is 18.0. The third-order valence-corrected chi connectivity index (χ3v) is 4.91. The number of hydrogen-bond donors (Lipinski definition) is 0. The number of carbonyl (C=O) groups is 4. The lowest BCUT2D eigenvalue weighted by molar-refractivity contribution is -0.148. The van der Waals surface area contributed by atoms with Crippen LogP contribution in [0.4, 0.5) is 0 Å². The van der Waals surface area contributed by atoms with Gasteiger partial charge in [0.2, 0.25) is 5.91 Å². The van der Waals surface area contributed by atoms with Crippen molar-refractivity contribution in [2.75, 3.05) is 19.7 Å². The number of hydrogen-bond acceptors (Lipinski definition) is 6. The summed E-state index contributed by atoms with van der Waals surface area (Å²) in [5.74, 6) is -1.35. The number of furan rings is 1. The fourth-order valence-corrected chi connectivity index (χ4v) is 3.47. The number of likely N-dealkylation sites (tertiary alicyclic amines) is 1. The number of amides is 3. The van der Waals surface area contributed by atoms with Crippen molar-refractivity contribution in [3.63, 3.8) is 0 Å². The summed E-state index contributed by atoms with van der Waals surface area (Å²) < 4.78 is 10.5. The third-order valence-electron chi connectivity index (χ3n) is 4.91. The van der Waals surface area contributed by atoms with Crippen molar-refractivity contribution in [1.29, 1.82) is 0 Å². The molecule has 0 N–H and O–H groups in total. The second kappa shape index (κ2) is 7.30. The van der Waals surface area contributed by atoms with E-state index in [4.69, 9.17) is 9.15 Å². The molecule has 2 aromatic rings. The van der Waals surface area contributed by atoms with Crippen LogP contribution in [0.3, 0.4) is 0 Å². The Bertz CT molecular complexity index is 901. The average Bonchev–Trinajstić information content (AvgIpc) is 3.39. The molecule has 1 aromatic carbocycles. The summed E-state index contributed by atoms with van der Waals surface area (Å²) in [6.07, 6.45) is 1.60. The van der Waals surface area contributed by atoms with Gasteiger partial charge in [-0.05, 0) is 24.3 Å². The molecule has 0 saturated carbocycles. The molecule has 8 nitrogen and oxygen atoms in total. The maximum absolute atomic E-state index is 12.3. The van der Waals surface area contributed by atoms with Gasteiger partial charge in [0.15, 0.2) is 0 Å². The minimum Gasteiger partial charge on any atom is -0.467 e. The average molecular weight is 382 g/mol. The molecule has 144 valence electrons. The monoisotopic (exact) mass is 382 g/mol. The Morgan fingerprint density at radius 1 is 1.07 bits per heavy atom. The zero-order valence-corrected chi connectivity index (χ0v) is 15.0. The Morgan fingerprint density at radius 2 is 1.79 bits per heavy atom. The van der Waals surface area contributed by atoms with Crippen LogP contribution < -0.4 is 0 Å². The van der Waals surface area contributed by atoms with Crippen LogP contribution in [0.1, 0.15) is 32.9 Å². The lowest BCUT2D eigenvalue weighted by Crippen LogP contribution is -2.34. The SMILES string of the molecule is O=C(OCCN1C(=O)c2ccccc2C1=O)C1CC(=O)N(Cc2ccco2)C1. The number of carbonyl (C=O) groups excluding carboxylic acids is 4. The van der Waals surface area contributed by atoms with Gasteiger partial charge < -0.3 is 14.1 Å². The number of fused-ring (bicyclic) bond motifs is 1. The number of imide groups is 1. The van der Waals surface area contributed by atoms with E-state index in [1.165, 1.54) is 6.26 Å². The molecule has 1 saturated heterocycles. The van der Waals surface area contributed by atoms with E-state index in [-0.39, 0.29) is 32.0 Å². The lowest BCUT2D eigenvalue weighted by atomic mass is 10.1. The smallest absolute Gasteiger partial charge is 0.311 e. The molecule has 4 rings (SSSR count). The normalized spacial score (nSPS) is 18.7. The largest absolute Gasteiger partial charge is 0.467 e. The van der Waals surface area contributed by atoms with Crippen molar-refractivity contribution in [1.82, 2.24) is 9.80 Å². The summed E-state index contributed by atoms with van der Waals surface area (Å²) in [5, 5.41) is 0. The van der Waals surface area contributed by atoms with Crippen molar-refractivity contribution < 1.29 is 28.3 Å². The second-order valence-corrected chi connectivity index (χ2v) is 6.73. The van der Waals surface area contributed by atoms with Gasteiger partial charge in [-0.1, -0.05) is 12.1 Å². The van der Waals surface area contributed by atoms with Gasteiger partial charge in [0.25, 0.3) is 11.8 Å². The van der Waals surface area contributed by atoms with Crippen LogP contribution >= 0.6 is 0 Å². The van der Waals surface area contributed by atoms with E-state index >= 15 is 0 Å². The lowest BCUT2D eigenvalue weighted by Gasteiger charge is -2.16. The summed E-state index contributed by atoms with van der Waals surface area (Å²) in [6.45, 7) is 0.443. The topological polar surface area (TPSA) is 97.1 Å². The van der Waals surface area contributed by atoms with Crippen LogP contribution in [-0.4, -0.2) is 53.2 Å². The highest BCUT2D eigenvalue weighted by Crippen LogP contribution is 2.23. The zero-order chi connectivity index (χ0) is 19.7. The molecular formula is C20H18N2O6. The van der Waals surface area contributed by atoms with Crippen LogP contribution in [-0.2, 0) is 20.9 Å². The maximum atomic E-state index is 12.3. The van der Waals surface area contributed by atoms with E-state index in [0.29, 0.717) is 23.4 Å². The highest BCUT2D eigenvalue weighted by Gasteiger charge is 2.37. The Labute approximate surface area is 160 Å². The quantitative estimate of drug-likeness (QED) is 0.554. The molecule has 2 aliphatic rings. The van der Waals surface area contributed by atoms with Gasteiger partial charge in [0.05, 0.1) is 36.4 Å². The first-order valence-corrected chi connectivity index (χ1v) is 8.96. The number of benzene rings is 1. The van der Waals surface area contributed by atoms with Gasteiger partial charge >= 0.3 is 5.97 Å². The predicted octanol–water partition coefficient (Wildman–Crippen LogP) is 1.47. The van der Waals surface area contributed by atoms with Crippen molar-refractivity contribution in [3.8, 4) is 0 Å². The van der Waals surface area contributed by atoms with Gasteiger partial charge in [0, 0.05) is 13.0 Å². The predicted molar refractivity (Wildman–Crippen MR) is 95.0 cm³/mol. The number of esters is 1. The van der Waals surface area contributed by atoms with Crippen LogP contribution in [0.25, 0.3) is 0 Å². The van der Waals surface area contributed by atoms with E-state index in [1.54, 1.807) is 41.3 Å². The van der Waals surface area contributed by atoms with Crippen molar-refractivity contribution >= 4 is 23.7 Å². The molecule has 2 aliphatic heterocycles. The number of rotatable bonds is 6. The Kier molecular flexibility index (Phi) is 4.68. The van der Waals surface area contributed by atoms with Gasteiger partial charge in [-0.3, -0.25) is 24.1 Å². The fraction of sp³-hybridized carbons (Fsp3) is 0.300. The standard InChI is InChI=1S/C20H18N2O6/c23-17-10-13(11-21(17)12-14-4-3-8-27-14)20(26)28-9-7-22-18(24)15-5-1-2-6-16(15)19(22)25/h1-6,8,13H,7,9-12H2. The van der Waals surface area contributed by atoms with E-state index in [0.717, 1.165) is 4.90 Å². The summed E-state index contributed by atoms with van der Waals surface area (Å²) in [4.78, 5) is 51.6. The molecule has 3 amide bonds. The third kappa shape index (κ3) is 3.28.